The third-order valence-corrected chi connectivity index (χ3v) is 5.32. The average molecular weight is 342 g/mol. The summed E-state index contributed by atoms with van der Waals surface area (Å²) in [4.78, 5) is 19.1. The van der Waals surface area contributed by atoms with E-state index in [1.807, 2.05) is 6.07 Å². The van der Waals surface area contributed by atoms with Crippen molar-refractivity contribution in [2.45, 2.75) is 70.5 Å². The zero-order valence-electron chi connectivity index (χ0n) is 15.0. The molecule has 134 valence electrons. The molecule has 1 saturated carbocycles. The lowest BCUT2D eigenvalue weighted by Gasteiger charge is -2.24. The third-order valence-electron chi connectivity index (χ3n) is 5.32. The van der Waals surface area contributed by atoms with Gasteiger partial charge in [0, 0.05) is 30.5 Å². The Morgan fingerprint density at radius 2 is 2.12 bits per heavy atom. The van der Waals surface area contributed by atoms with Gasteiger partial charge < -0.3 is 4.42 Å². The molecule has 1 atom stereocenters. The Bertz CT molecular complexity index is 791. The van der Waals surface area contributed by atoms with Gasteiger partial charge in [-0.25, -0.2) is 9.67 Å². The van der Waals surface area contributed by atoms with Gasteiger partial charge in [0.25, 0.3) is 5.56 Å². The Balaban J connectivity index is 1.49. The van der Waals surface area contributed by atoms with E-state index in [4.69, 9.17) is 4.42 Å². The summed E-state index contributed by atoms with van der Waals surface area (Å²) in [6.07, 6.45) is 6.18. The normalized spacial score (nSPS) is 21.3. The van der Waals surface area contributed by atoms with Crippen LogP contribution in [-0.4, -0.2) is 32.3 Å². The van der Waals surface area contributed by atoms with Gasteiger partial charge in [0.15, 0.2) is 6.39 Å². The second-order valence-electron chi connectivity index (χ2n) is 7.64. The molecule has 4 rings (SSSR count). The van der Waals surface area contributed by atoms with Crippen LogP contribution in [0.1, 0.15) is 68.5 Å². The summed E-state index contributed by atoms with van der Waals surface area (Å²) < 4.78 is 7.22. The number of nitrogens with zero attached hydrogens (tertiary/aromatic N) is 4. The minimum absolute atomic E-state index is 0.000514. The van der Waals surface area contributed by atoms with Gasteiger partial charge in [0.05, 0.1) is 17.9 Å². The van der Waals surface area contributed by atoms with Gasteiger partial charge in [0.2, 0.25) is 0 Å². The van der Waals surface area contributed by atoms with Crippen LogP contribution in [0.15, 0.2) is 27.7 Å². The van der Waals surface area contributed by atoms with E-state index in [9.17, 15) is 4.79 Å². The molecule has 0 spiro atoms. The first-order valence-corrected chi connectivity index (χ1v) is 9.36. The largest absolute Gasteiger partial charge is 0.448 e. The van der Waals surface area contributed by atoms with Crippen molar-refractivity contribution in [2.24, 2.45) is 0 Å². The molecular formula is C19H26N4O2. The molecule has 25 heavy (non-hydrogen) atoms. The van der Waals surface area contributed by atoms with Crippen molar-refractivity contribution >= 4 is 0 Å². The number of hydrogen-bond donors (Lipinski definition) is 0. The van der Waals surface area contributed by atoms with Crippen molar-refractivity contribution in [1.29, 1.82) is 0 Å². The van der Waals surface area contributed by atoms with E-state index in [0.29, 0.717) is 24.4 Å². The van der Waals surface area contributed by atoms with Crippen molar-refractivity contribution in [3.63, 3.8) is 0 Å². The molecule has 2 aromatic heterocycles. The monoisotopic (exact) mass is 342 g/mol. The molecule has 6 nitrogen and oxygen atoms in total. The Morgan fingerprint density at radius 1 is 1.28 bits per heavy atom. The Morgan fingerprint density at radius 3 is 2.88 bits per heavy atom. The van der Waals surface area contributed by atoms with Crippen LogP contribution in [0.5, 0.6) is 0 Å². The lowest BCUT2D eigenvalue weighted by Crippen LogP contribution is -2.37. The molecule has 0 bridgehead atoms. The van der Waals surface area contributed by atoms with E-state index in [1.54, 1.807) is 17.1 Å². The molecule has 1 unspecified atom stereocenters. The Labute approximate surface area is 147 Å². The summed E-state index contributed by atoms with van der Waals surface area (Å²) in [7, 11) is 0. The molecular weight excluding hydrogens is 316 g/mol. The topological polar surface area (TPSA) is 64.2 Å². The lowest BCUT2D eigenvalue weighted by atomic mass is 10.1. The first-order valence-electron chi connectivity index (χ1n) is 9.36. The molecule has 0 amide bonds. The minimum Gasteiger partial charge on any atom is -0.448 e. The SMILES string of the molecule is CC(C)c1ocnc1CN1CCCC1Cn1nc(C2CC2)ccc1=O. The zero-order chi connectivity index (χ0) is 17.4. The van der Waals surface area contributed by atoms with Crippen LogP contribution in [0.4, 0.5) is 0 Å². The zero-order valence-corrected chi connectivity index (χ0v) is 15.0. The second kappa shape index (κ2) is 6.75. The highest BCUT2D eigenvalue weighted by atomic mass is 16.3. The van der Waals surface area contributed by atoms with Crippen molar-refractivity contribution in [2.75, 3.05) is 6.54 Å². The summed E-state index contributed by atoms with van der Waals surface area (Å²) in [6.45, 7) is 6.72. The number of hydrogen-bond acceptors (Lipinski definition) is 5. The molecule has 3 heterocycles. The van der Waals surface area contributed by atoms with Crippen LogP contribution in [0, 0.1) is 0 Å². The second-order valence-corrected chi connectivity index (χ2v) is 7.64. The predicted octanol–water partition coefficient (Wildman–Crippen LogP) is 2.90. The third kappa shape index (κ3) is 3.54. The standard InChI is InChI=1S/C19H26N4O2/c1-13(2)19-17(20-12-25-19)11-22-9-3-4-15(22)10-23-18(24)8-7-16(21-23)14-5-6-14/h7-8,12-15H,3-6,9-11H2,1-2H3. The summed E-state index contributed by atoms with van der Waals surface area (Å²) >= 11 is 0. The van der Waals surface area contributed by atoms with E-state index < -0.39 is 0 Å². The molecule has 0 aromatic carbocycles. The van der Waals surface area contributed by atoms with Crippen molar-refractivity contribution < 1.29 is 4.42 Å². The first kappa shape index (κ1) is 16.5. The molecule has 0 N–H and O–H groups in total. The predicted molar refractivity (Wildman–Crippen MR) is 94.5 cm³/mol. The van der Waals surface area contributed by atoms with Crippen LogP contribution in [0.2, 0.25) is 0 Å². The lowest BCUT2D eigenvalue weighted by molar-refractivity contribution is 0.212. The van der Waals surface area contributed by atoms with Crippen molar-refractivity contribution in [3.8, 4) is 0 Å². The molecule has 0 radical (unpaired) electrons. The Kier molecular flexibility index (Phi) is 4.46. The molecule has 1 aliphatic carbocycles. The molecule has 2 aliphatic rings. The number of aromatic nitrogens is 3. The van der Waals surface area contributed by atoms with E-state index >= 15 is 0 Å². The van der Waals surface area contributed by atoms with Crippen LogP contribution in [0.25, 0.3) is 0 Å². The quantitative estimate of drug-likeness (QED) is 0.808. The van der Waals surface area contributed by atoms with Gasteiger partial charge >= 0.3 is 0 Å². The fourth-order valence-electron chi connectivity index (χ4n) is 3.76. The van der Waals surface area contributed by atoms with E-state index in [-0.39, 0.29) is 5.56 Å². The average Bonchev–Trinajstić information content (AvgIpc) is 3.18. The highest BCUT2D eigenvalue weighted by molar-refractivity contribution is 5.13. The van der Waals surface area contributed by atoms with E-state index in [0.717, 1.165) is 43.1 Å². The number of rotatable bonds is 6. The molecule has 2 aromatic rings. The maximum atomic E-state index is 12.2. The van der Waals surface area contributed by atoms with E-state index in [1.165, 1.54) is 12.8 Å². The van der Waals surface area contributed by atoms with Crippen LogP contribution < -0.4 is 5.56 Å². The molecule has 1 aliphatic heterocycles. The summed E-state index contributed by atoms with van der Waals surface area (Å²) in [5, 5.41) is 4.62. The van der Waals surface area contributed by atoms with Crippen LogP contribution >= 0.6 is 0 Å². The first-order chi connectivity index (χ1) is 12.1. The summed E-state index contributed by atoms with van der Waals surface area (Å²) in [5.41, 5.74) is 2.09. The maximum absolute atomic E-state index is 12.2. The smallest absolute Gasteiger partial charge is 0.266 e. The molecule has 2 fully saturated rings. The number of oxazole rings is 1. The summed E-state index contributed by atoms with van der Waals surface area (Å²) in [5.74, 6) is 1.87. The van der Waals surface area contributed by atoms with Crippen molar-refractivity contribution in [3.05, 3.63) is 46.0 Å². The summed E-state index contributed by atoms with van der Waals surface area (Å²) in [6, 6.07) is 3.90. The van der Waals surface area contributed by atoms with Gasteiger partial charge in [-0.1, -0.05) is 13.8 Å². The van der Waals surface area contributed by atoms with Crippen molar-refractivity contribution in [1.82, 2.24) is 19.7 Å². The van der Waals surface area contributed by atoms with Gasteiger partial charge in [-0.2, -0.15) is 5.10 Å². The van der Waals surface area contributed by atoms with Gasteiger partial charge in [-0.3, -0.25) is 9.69 Å². The van der Waals surface area contributed by atoms with E-state index in [2.05, 4.69) is 28.8 Å². The minimum atomic E-state index is 0.000514. The molecule has 1 saturated heterocycles. The van der Waals surface area contributed by atoms with Crippen LogP contribution in [-0.2, 0) is 13.1 Å². The molecule has 6 heteroatoms. The highest BCUT2D eigenvalue weighted by Gasteiger charge is 2.29. The van der Waals surface area contributed by atoms with Gasteiger partial charge in [-0.05, 0) is 38.3 Å². The fourth-order valence-corrected chi connectivity index (χ4v) is 3.76. The van der Waals surface area contributed by atoms with Gasteiger partial charge in [0.1, 0.15) is 5.76 Å². The fraction of sp³-hybridized carbons (Fsp3) is 0.632. The maximum Gasteiger partial charge on any atom is 0.266 e. The Hall–Kier alpha value is -1.95. The van der Waals surface area contributed by atoms with Gasteiger partial charge in [-0.15, -0.1) is 0 Å². The highest BCUT2D eigenvalue weighted by Crippen LogP contribution is 2.38. The van der Waals surface area contributed by atoms with Crippen LogP contribution in [0.3, 0.4) is 0 Å². The number of likely N-dealkylation sites (tertiary alicyclic amines) is 1.